The summed E-state index contributed by atoms with van der Waals surface area (Å²) in [6, 6.07) is 18.0. The lowest BCUT2D eigenvalue weighted by atomic mass is 10.1. The molecule has 2 aromatic carbocycles. The van der Waals surface area contributed by atoms with Crippen LogP contribution in [-0.2, 0) is 29.4 Å². The number of nitrogens with one attached hydrogen (secondary N) is 1. The van der Waals surface area contributed by atoms with E-state index in [2.05, 4.69) is 40.9 Å². The van der Waals surface area contributed by atoms with Crippen molar-refractivity contribution < 1.29 is 8.42 Å². The van der Waals surface area contributed by atoms with Gasteiger partial charge in [0.1, 0.15) is 5.01 Å². The van der Waals surface area contributed by atoms with E-state index in [1.54, 1.807) is 11.3 Å². The number of hydrogen-bond acceptors (Lipinski definition) is 4. The van der Waals surface area contributed by atoms with Crippen molar-refractivity contribution in [1.29, 1.82) is 0 Å². The van der Waals surface area contributed by atoms with Gasteiger partial charge in [0.2, 0.25) is 10.0 Å². The summed E-state index contributed by atoms with van der Waals surface area (Å²) in [6.07, 6.45) is 3.16. The van der Waals surface area contributed by atoms with Crippen molar-refractivity contribution in [2.24, 2.45) is 0 Å². The van der Waals surface area contributed by atoms with Crippen molar-refractivity contribution in [2.45, 2.75) is 26.3 Å². The molecular formula is C20H22N2O2S2. The molecule has 0 atom stereocenters. The number of hydrogen-bond donors (Lipinski definition) is 1. The third kappa shape index (κ3) is 5.76. The first-order chi connectivity index (χ1) is 12.5. The largest absolute Gasteiger partial charge is 0.248 e. The molecule has 0 unspecified atom stereocenters. The molecule has 0 aliphatic rings. The molecule has 0 bridgehead atoms. The number of aryl methyl sites for hydroxylation is 2. The second-order valence-electron chi connectivity index (χ2n) is 6.26. The molecule has 136 valence electrons. The van der Waals surface area contributed by atoms with Crippen LogP contribution in [0.25, 0.3) is 0 Å². The average molecular weight is 387 g/mol. The molecular weight excluding hydrogens is 364 g/mol. The summed E-state index contributed by atoms with van der Waals surface area (Å²) in [5, 5.41) is 0.787. The Balaban J connectivity index is 1.51. The maximum absolute atomic E-state index is 12.2. The summed E-state index contributed by atoms with van der Waals surface area (Å²) in [4.78, 5) is 5.47. The molecule has 0 fully saturated rings. The van der Waals surface area contributed by atoms with Crippen LogP contribution in [0.1, 0.15) is 26.6 Å². The Kier molecular flexibility index (Phi) is 6.19. The molecule has 26 heavy (non-hydrogen) atoms. The van der Waals surface area contributed by atoms with Gasteiger partial charge in [-0.1, -0.05) is 60.2 Å². The summed E-state index contributed by atoms with van der Waals surface area (Å²) in [5.74, 6) is 0.0820. The van der Waals surface area contributed by atoms with E-state index in [0.29, 0.717) is 6.42 Å². The first-order valence-corrected chi connectivity index (χ1v) is 11.0. The van der Waals surface area contributed by atoms with Crippen LogP contribution in [-0.4, -0.2) is 19.2 Å². The van der Waals surface area contributed by atoms with E-state index in [-0.39, 0.29) is 12.3 Å². The monoisotopic (exact) mass is 386 g/mol. The Bertz CT molecular complexity index is 933. The van der Waals surface area contributed by atoms with E-state index >= 15 is 0 Å². The Morgan fingerprint density at radius 1 is 1.00 bits per heavy atom. The van der Waals surface area contributed by atoms with E-state index in [1.165, 1.54) is 11.1 Å². The summed E-state index contributed by atoms with van der Waals surface area (Å²) >= 11 is 1.55. The molecule has 0 saturated carbocycles. The lowest BCUT2D eigenvalue weighted by Gasteiger charge is -2.05. The molecule has 3 aromatic rings. The Morgan fingerprint density at radius 2 is 1.73 bits per heavy atom. The van der Waals surface area contributed by atoms with E-state index in [1.807, 2.05) is 36.5 Å². The second-order valence-corrected chi connectivity index (χ2v) is 9.38. The topological polar surface area (TPSA) is 59.1 Å². The molecule has 0 aliphatic heterocycles. The molecule has 4 nitrogen and oxygen atoms in total. The van der Waals surface area contributed by atoms with Crippen LogP contribution < -0.4 is 4.72 Å². The third-order valence-corrected chi connectivity index (χ3v) is 6.37. The van der Waals surface area contributed by atoms with Crippen LogP contribution >= 0.6 is 11.3 Å². The quantitative estimate of drug-likeness (QED) is 0.642. The Labute approximate surface area is 159 Å². The van der Waals surface area contributed by atoms with Gasteiger partial charge in [0.05, 0.1) is 12.3 Å². The van der Waals surface area contributed by atoms with Gasteiger partial charge in [-0.3, -0.25) is 0 Å². The minimum Gasteiger partial charge on any atom is -0.248 e. The fourth-order valence-corrected chi connectivity index (χ4v) is 4.55. The Hall–Kier alpha value is -2.02. The number of aromatic nitrogens is 1. The maximum Gasteiger partial charge on any atom is 0.212 e. The smallest absolute Gasteiger partial charge is 0.212 e. The summed E-state index contributed by atoms with van der Waals surface area (Å²) in [6.45, 7) is 2.31. The fraction of sp³-hybridized carbons (Fsp3) is 0.250. The highest BCUT2D eigenvalue weighted by Crippen LogP contribution is 2.18. The highest BCUT2D eigenvalue weighted by atomic mass is 32.2. The van der Waals surface area contributed by atoms with Crippen LogP contribution in [0.2, 0.25) is 0 Å². The SMILES string of the molecule is Cc1ccc(Cc2cnc(CNS(=O)(=O)CCc3ccccc3)s2)cc1. The molecule has 0 aliphatic carbocycles. The lowest BCUT2D eigenvalue weighted by molar-refractivity contribution is 0.580. The van der Waals surface area contributed by atoms with Crippen molar-refractivity contribution >= 4 is 21.4 Å². The van der Waals surface area contributed by atoms with Gasteiger partial charge in [0, 0.05) is 17.5 Å². The molecule has 1 aromatic heterocycles. The predicted octanol–water partition coefficient (Wildman–Crippen LogP) is 3.70. The summed E-state index contributed by atoms with van der Waals surface area (Å²) in [7, 11) is -3.32. The maximum atomic E-state index is 12.2. The van der Waals surface area contributed by atoms with Crippen LogP contribution in [0.5, 0.6) is 0 Å². The highest BCUT2D eigenvalue weighted by Gasteiger charge is 2.12. The highest BCUT2D eigenvalue weighted by molar-refractivity contribution is 7.89. The zero-order valence-electron chi connectivity index (χ0n) is 14.7. The van der Waals surface area contributed by atoms with Crippen LogP contribution in [0.4, 0.5) is 0 Å². The van der Waals surface area contributed by atoms with Gasteiger partial charge in [0.15, 0.2) is 0 Å². The number of rotatable bonds is 8. The second kappa shape index (κ2) is 8.58. The van der Waals surface area contributed by atoms with Gasteiger partial charge in [0.25, 0.3) is 0 Å². The van der Waals surface area contributed by atoms with Crippen molar-refractivity contribution in [2.75, 3.05) is 5.75 Å². The van der Waals surface area contributed by atoms with Gasteiger partial charge in [-0.05, 0) is 24.5 Å². The van der Waals surface area contributed by atoms with E-state index in [9.17, 15) is 8.42 Å². The molecule has 0 amide bonds. The molecule has 0 saturated heterocycles. The van der Waals surface area contributed by atoms with Crippen LogP contribution in [0.15, 0.2) is 60.8 Å². The molecule has 0 radical (unpaired) electrons. The lowest BCUT2D eigenvalue weighted by Crippen LogP contribution is -2.26. The normalized spacial score (nSPS) is 11.6. The van der Waals surface area contributed by atoms with Crippen LogP contribution in [0.3, 0.4) is 0 Å². The third-order valence-electron chi connectivity index (χ3n) is 4.05. The van der Waals surface area contributed by atoms with Gasteiger partial charge < -0.3 is 0 Å². The predicted molar refractivity (Wildman–Crippen MR) is 107 cm³/mol. The summed E-state index contributed by atoms with van der Waals surface area (Å²) < 4.78 is 27.0. The van der Waals surface area contributed by atoms with Gasteiger partial charge >= 0.3 is 0 Å². The fourth-order valence-electron chi connectivity index (χ4n) is 2.56. The number of benzene rings is 2. The van der Waals surface area contributed by atoms with Crippen molar-refractivity contribution in [1.82, 2.24) is 9.71 Å². The molecule has 1 heterocycles. The average Bonchev–Trinajstić information content (AvgIpc) is 3.09. The standard InChI is InChI=1S/C20H22N2O2S2/c1-16-7-9-18(10-8-16)13-19-14-21-20(25-19)15-22-26(23,24)12-11-17-5-3-2-4-6-17/h2-10,14,22H,11-13,15H2,1H3. The molecule has 0 spiro atoms. The molecule has 6 heteroatoms. The first kappa shape index (κ1) is 18.8. The Morgan fingerprint density at radius 3 is 2.46 bits per heavy atom. The van der Waals surface area contributed by atoms with Crippen LogP contribution in [0, 0.1) is 6.92 Å². The minimum absolute atomic E-state index is 0.0820. The van der Waals surface area contributed by atoms with E-state index in [0.717, 1.165) is 21.9 Å². The van der Waals surface area contributed by atoms with Crippen molar-refractivity contribution in [3.8, 4) is 0 Å². The van der Waals surface area contributed by atoms with Crippen molar-refractivity contribution in [3.63, 3.8) is 0 Å². The zero-order chi connectivity index (χ0) is 18.4. The molecule has 1 N–H and O–H groups in total. The van der Waals surface area contributed by atoms with Gasteiger partial charge in [-0.15, -0.1) is 11.3 Å². The molecule has 3 rings (SSSR count). The number of sulfonamides is 1. The van der Waals surface area contributed by atoms with Gasteiger partial charge in [-0.2, -0.15) is 0 Å². The van der Waals surface area contributed by atoms with Gasteiger partial charge in [-0.25, -0.2) is 18.1 Å². The minimum atomic E-state index is -3.32. The summed E-state index contributed by atoms with van der Waals surface area (Å²) in [5.41, 5.74) is 3.49. The number of nitrogens with zero attached hydrogens (tertiary/aromatic N) is 1. The van der Waals surface area contributed by atoms with E-state index in [4.69, 9.17) is 0 Å². The van der Waals surface area contributed by atoms with E-state index < -0.39 is 10.0 Å². The zero-order valence-corrected chi connectivity index (χ0v) is 16.3. The number of thiazole rings is 1. The first-order valence-electron chi connectivity index (χ1n) is 8.50. The van der Waals surface area contributed by atoms with Crippen molar-refractivity contribution in [3.05, 3.63) is 87.4 Å².